The van der Waals surface area contributed by atoms with Crippen molar-refractivity contribution in [2.75, 3.05) is 26.3 Å². The predicted molar refractivity (Wildman–Crippen MR) is 213 cm³/mol. The topological polar surface area (TPSA) is 134 Å². The van der Waals surface area contributed by atoms with Crippen molar-refractivity contribution in [3.63, 3.8) is 0 Å². The molecule has 12 nitrogen and oxygen atoms in total. The molecule has 2 aliphatic rings. The number of urea groups is 2. The van der Waals surface area contributed by atoms with Crippen LogP contribution in [-0.2, 0) is 41.7 Å². The minimum Gasteiger partial charge on any atom is -0.461 e. The maximum Gasteiger partial charge on any atom is 0.327 e. The Balaban J connectivity index is 1.12. The smallest absolute Gasteiger partial charge is 0.327 e. The molecule has 2 aromatic rings. The van der Waals surface area contributed by atoms with E-state index in [0.717, 1.165) is 75.3 Å². The molecule has 6 amide bonds. The van der Waals surface area contributed by atoms with Crippen LogP contribution in [0.3, 0.4) is 0 Å². The van der Waals surface area contributed by atoms with E-state index < -0.39 is 24.0 Å². The Hall–Kier alpha value is -5.26. The minimum absolute atomic E-state index is 0.0422. The number of carbonyl (C=O) groups is 6. The van der Waals surface area contributed by atoms with Gasteiger partial charge >= 0.3 is 24.0 Å². The third-order valence-electron chi connectivity index (χ3n) is 10.2. The van der Waals surface area contributed by atoms with E-state index in [2.05, 4.69) is 13.2 Å². The first-order chi connectivity index (χ1) is 27.2. The standard InChI is InChI=1S/C44H58N4O8/c1-3-31-55-39(49)27-25-37-41(51)45(43(53)47(37)33-35-21-15-13-16-22-35)29-19-11-9-7-5-6-8-10-12-20-30-46-42(52)38(26-28-40(50)56-32-4-2)48(44(46)54)34-36-23-17-14-18-24-36/h3-4,13-18,21-24,37-38H,1-2,5-12,19-20,25-34H2. The van der Waals surface area contributed by atoms with E-state index >= 15 is 0 Å². The van der Waals surface area contributed by atoms with Crippen LogP contribution in [0.5, 0.6) is 0 Å². The van der Waals surface area contributed by atoms with Gasteiger partial charge in [-0.2, -0.15) is 0 Å². The summed E-state index contributed by atoms with van der Waals surface area (Å²) in [4.78, 5) is 83.6. The van der Waals surface area contributed by atoms with Gasteiger partial charge in [-0.05, 0) is 36.8 Å². The van der Waals surface area contributed by atoms with Gasteiger partial charge in [0, 0.05) is 39.0 Å². The van der Waals surface area contributed by atoms with Crippen LogP contribution in [0.25, 0.3) is 0 Å². The van der Waals surface area contributed by atoms with Crippen molar-refractivity contribution >= 4 is 35.8 Å². The van der Waals surface area contributed by atoms with Gasteiger partial charge in [0.25, 0.3) is 11.8 Å². The molecule has 0 spiro atoms. The lowest BCUT2D eigenvalue weighted by Crippen LogP contribution is -2.35. The maximum atomic E-state index is 13.4. The zero-order valence-electron chi connectivity index (χ0n) is 32.7. The van der Waals surface area contributed by atoms with Crippen molar-refractivity contribution in [2.45, 2.75) is 115 Å². The van der Waals surface area contributed by atoms with Gasteiger partial charge in [0.2, 0.25) is 0 Å². The van der Waals surface area contributed by atoms with Crippen LogP contribution in [0.15, 0.2) is 86.0 Å². The average Bonchev–Trinajstić information content (AvgIpc) is 3.56. The van der Waals surface area contributed by atoms with Gasteiger partial charge < -0.3 is 19.3 Å². The second-order valence-corrected chi connectivity index (χ2v) is 14.4. The number of unbranched alkanes of at least 4 members (excludes halogenated alkanes) is 9. The van der Waals surface area contributed by atoms with Gasteiger partial charge in [-0.15, -0.1) is 0 Å². The van der Waals surface area contributed by atoms with Crippen molar-refractivity contribution in [2.24, 2.45) is 0 Å². The van der Waals surface area contributed by atoms with Gasteiger partial charge in [0.15, 0.2) is 0 Å². The molecule has 0 radical (unpaired) electrons. The Morgan fingerprint density at radius 3 is 1.21 bits per heavy atom. The molecule has 2 heterocycles. The Labute approximate surface area is 331 Å². The lowest BCUT2D eigenvalue weighted by molar-refractivity contribution is -0.144. The predicted octanol–water partition coefficient (Wildman–Crippen LogP) is 7.57. The number of benzene rings is 2. The van der Waals surface area contributed by atoms with Gasteiger partial charge in [0.05, 0.1) is 0 Å². The number of hydrogen-bond donors (Lipinski definition) is 0. The van der Waals surface area contributed by atoms with E-state index in [0.29, 0.717) is 26.2 Å². The highest BCUT2D eigenvalue weighted by Crippen LogP contribution is 2.27. The number of ether oxygens (including phenoxy) is 2. The molecule has 4 rings (SSSR count). The van der Waals surface area contributed by atoms with Gasteiger partial charge in [-0.3, -0.25) is 29.0 Å². The van der Waals surface area contributed by atoms with Crippen molar-refractivity contribution in [3.8, 4) is 0 Å². The second-order valence-electron chi connectivity index (χ2n) is 14.4. The highest BCUT2D eigenvalue weighted by molar-refractivity contribution is 6.05. The van der Waals surface area contributed by atoms with Crippen LogP contribution in [0.4, 0.5) is 9.59 Å². The van der Waals surface area contributed by atoms with Crippen LogP contribution in [0.2, 0.25) is 0 Å². The van der Waals surface area contributed by atoms with Crippen LogP contribution in [0, 0.1) is 0 Å². The van der Waals surface area contributed by atoms with E-state index in [1.54, 1.807) is 9.80 Å². The van der Waals surface area contributed by atoms with E-state index in [-0.39, 0.29) is 62.8 Å². The van der Waals surface area contributed by atoms with E-state index in [1.807, 2.05) is 60.7 Å². The summed E-state index contributed by atoms with van der Waals surface area (Å²) < 4.78 is 10.2. The fraction of sp³-hybridized carbons (Fsp3) is 0.500. The van der Waals surface area contributed by atoms with Crippen molar-refractivity contribution in [1.29, 1.82) is 0 Å². The Morgan fingerprint density at radius 1 is 0.536 bits per heavy atom. The Bertz CT molecular complexity index is 1500. The number of hydrogen-bond acceptors (Lipinski definition) is 8. The zero-order valence-corrected chi connectivity index (χ0v) is 32.7. The summed E-state index contributed by atoms with van der Waals surface area (Å²) in [6.45, 7) is 8.63. The normalized spacial score (nSPS) is 16.9. The van der Waals surface area contributed by atoms with Crippen molar-refractivity contribution in [1.82, 2.24) is 19.6 Å². The number of imide groups is 2. The lowest BCUT2D eigenvalue weighted by Gasteiger charge is -2.21. The molecule has 0 bridgehead atoms. The second kappa shape index (κ2) is 23.6. The largest absolute Gasteiger partial charge is 0.461 e. The summed E-state index contributed by atoms with van der Waals surface area (Å²) in [5.74, 6) is -1.36. The maximum absolute atomic E-state index is 13.4. The molecule has 0 aliphatic carbocycles. The minimum atomic E-state index is -0.702. The number of amides is 6. The highest BCUT2D eigenvalue weighted by atomic mass is 16.5. The van der Waals surface area contributed by atoms with Gasteiger partial charge in [-0.25, -0.2) is 9.59 Å². The Morgan fingerprint density at radius 2 is 0.875 bits per heavy atom. The molecule has 2 fully saturated rings. The molecule has 2 saturated heterocycles. The summed E-state index contributed by atoms with van der Waals surface area (Å²) in [7, 11) is 0. The zero-order chi connectivity index (χ0) is 40.1. The quantitative estimate of drug-likeness (QED) is 0.0393. The molecule has 12 heteroatoms. The van der Waals surface area contributed by atoms with Gasteiger partial charge in [0.1, 0.15) is 25.3 Å². The molecule has 302 valence electrons. The summed E-state index contributed by atoms with van der Waals surface area (Å²) in [6, 6.07) is 17.0. The highest BCUT2D eigenvalue weighted by Gasteiger charge is 2.45. The van der Waals surface area contributed by atoms with Crippen LogP contribution >= 0.6 is 0 Å². The molecule has 2 unspecified atom stereocenters. The molecule has 2 atom stereocenters. The molecule has 2 aromatic carbocycles. The molecule has 56 heavy (non-hydrogen) atoms. The first-order valence-corrected chi connectivity index (χ1v) is 20.1. The Kier molecular flexibility index (Phi) is 18.3. The summed E-state index contributed by atoms with van der Waals surface area (Å²) in [6.07, 6.45) is 13.1. The van der Waals surface area contributed by atoms with Crippen molar-refractivity contribution in [3.05, 3.63) is 97.1 Å². The fourth-order valence-electron chi connectivity index (χ4n) is 7.19. The number of rotatable bonds is 27. The molecule has 2 aliphatic heterocycles. The molecule has 0 saturated carbocycles. The monoisotopic (exact) mass is 770 g/mol. The lowest BCUT2D eigenvalue weighted by atomic mass is 10.1. The third-order valence-corrected chi connectivity index (χ3v) is 10.2. The molecular formula is C44H58N4O8. The average molecular weight is 771 g/mol. The summed E-state index contributed by atoms with van der Waals surface area (Å²) in [5.41, 5.74) is 1.84. The first kappa shape index (κ1) is 43.5. The van der Waals surface area contributed by atoms with E-state index in [1.165, 1.54) is 22.0 Å². The number of esters is 2. The first-order valence-electron chi connectivity index (χ1n) is 20.1. The van der Waals surface area contributed by atoms with E-state index in [9.17, 15) is 28.8 Å². The molecular weight excluding hydrogens is 713 g/mol. The molecule has 0 aromatic heterocycles. The number of carbonyl (C=O) groups excluding carboxylic acids is 6. The van der Waals surface area contributed by atoms with Crippen molar-refractivity contribution < 1.29 is 38.2 Å². The molecule has 0 N–H and O–H groups in total. The van der Waals surface area contributed by atoms with E-state index in [4.69, 9.17) is 9.47 Å². The van der Waals surface area contributed by atoms with Gasteiger partial charge in [-0.1, -0.05) is 137 Å². The summed E-state index contributed by atoms with van der Waals surface area (Å²) in [5, 5.41) is 0. The summed E-state index contributed by atoms with van der Waals surface area (Å²) >= 11 is 0. The third kappa shape index (κ3) is 13.2. The van der Waals surface area contributed by atoms with Crippen LogP contribution in [-0.4, -0.2) is 93.8 Å². The van der Waals surface area contributed by atoms with Crippen LogP contribution < -0.4 is 0 Å². The number of nitrogens with zero attached hydrogens (tertiary/aromatic N) is 4. The fourth-order valence-corrected chi connectivity index (χ4v) is 7.19. The van der Waals surface area contributed by atoms with Crippen LogP contribution in [0.1, 0.15) is 101 Å². The SMILES string of the molecule is C=CCOC(=O)CCC1C(=O)N(CCCCCCCCCCCCN2C(=O)C(CCC(=O)OCC=C)N(Cc3ccccc3)C2=O)C(=O)N1Cc1ccccc1.